The zero-order valence-corrected chi connectivity index (χ0v) is 8.13. The minimum Gasteiger partial charge on any atom is -0.330 e. The number of nitrogens with zero attached hydrogens (tertiary/aromatic N) is 2. The fourth-order valence-corrected chi connectivity index (χ4v) is 1.61. The summed E-state index contributed by atoms with van der Waals surface area (Å²) in [5, 5.41) is 0.435. The lowest BCUT2D eigenvalue weighted by molar-refractivity contribution is 0.619. The molecule has 2 heterocycles. The standard InChI is InChI=1S/C9H9ClFN3/c10-9-7(3-4-12)13-8-2-1-6(11)5-14(8)9/h1-2,5H,3-4,12H2. The first-order valence-electron chi connectivity index (χ1n) is 4.24. The van der Waals surface area contributed by atoms with Gasteiger partial charge in [-0.15, -0.1) is 0 Å². The number of halogens is 2. The first-order chi connectivity index (χ1) is 6.72. The van der Waals surface area contributed by atoms with E-state index in [4.69, 9.17) is 17.3 Å². The lowest BCUT2D eigenvalue weighted by Crippen LogP contribution is -2.03. The second kappa shape index (κ2) is 3.55. The van der Waals surface area contributed by atoms with Gasteiger partial charge in [-0.25, -0.2) is 9.37 Å². The zero-order valence-electron chi connectivity index (χ0n) is 7.37. The molecule has 0 aliphatic carbocycles. The first-order valence-corrected chi connectivity index (χ1v) is 4.62. The maximum Gasteiger partial charge on any atom is 0.139 e. The van der Waals surface area contributed by atoms with Gasteiger partial charge in [-0.2, -0.15) is 0 Å². The van der Waals surface area contributed by atoms with Crippen LogP contribution >= 0.6 is 11.6 Å². The van der Waals surface area contributed by atoms with Crippen molar-refractivity contribution in [2.75, 3.05) is 6.54 Å². The third-order valence-corrected chi connectivity index (χ3v) is 2.37. The summed E-state index contributed by atoms with van der Waals surface area (Å²) in [7, 11) is 0. The first kappa shape index (κ1) is 9.43. The van der Waals surface area contributed by atoms with Gasteiger partial charge in [0.05, 0.1) is 5.69 Å². The molecule has 14 heavy (non-hydrogen) atoms. The van der Waals surface area contributed by atoms with E-state index < -0.39 is 0 Å². The lowest BCUT2D eigenvalue weighted by Gasteiger charge is -1.94. The van der Waals surface area contributed by atoms with Crippen LogP contribution in [0.2, 0.25) is 5.15 Å². The van der Waals surface area contributed by atoms with Crippen molar-refractivity contribution < 1.29 is 4.39 Å². The second-order valence-electron chi connectivity index (χ2n) is 2.96. The Labute approximate surface area is 85.3 Å². The molecule has 0 aliphatic heterocycles. The number of hydrogen-bond acceptors (Lipinski definition) is 2. The lowest BCUT2D eigenvalue weighted by atomic mass is 10.3. The van der Waals surface area contributed by atoms with Crippen LogP contribution in [0.15, 0.2) is 18.3 Å². The Kier molecular flexibility index (Phi) is 2.39. The second-order valence-corrected chi connectivity index (χ2v) is 3.32. The van der Waals surface area contributed by atoms with Crippen LogP contribution in [0.4, 0.5) is 4.39 Å². The van der Waals surface area contributed by atoms with E-state index in [0.29, 0.717) is 29.5 Å². The largest absolute Gasteiger partial charge is 0.330 e. The number of imidazole rings is 1. The number of fused-ring (bicyclic) bond motifs is 1. The van der Waals surface area contributed by atoms with Gasteiger partial charge in [0.2, 0.25) is 0 Å². The van der Waals surface area contributed by atoms with E-state index in [2.05, 4.69) is 4.98 Å². The Bertz CT molecular complexity index is 466. The molecule has 2 aromatic rings. The highest BCUT2D eigenvalue weighted by Gasteiger charge is 2.09. The van der Waals surface area contributed by atoms with Crippen molar-refractivity contribution in [3.8, 4) is 0 Å². The average molecular weight is 214 g/mol. The molecular formula is C9H9ClFN3. The number of rotatable bonds is 2. The third-order valence-electron chi connectivity index (χ3n) is 1.97. The third kappa shape index (κ3) is 1.47. The van der Waals surface area contributed by atoms with E-state index in [0.717, 1.165) is 0 Å². The maximum absolute atomic E-state index is 12.9. The van der Waals surface area contributed by atoms with E-state index >= 15 is 0 Å². The summed E-state index contributed by atoms with van der Waals surface area (Å²) >= 11 is 5.99. The number of hydrogen-bond donors (Lipinski definition) is 1. The monoisotopic (exact) mass is 213 g/mol. The Hall–Kier alpha value is -1.13. The summed E-state index contributed by atoms with van der Waals surface area (Å²) in [5.41, 5.74) is 6.75. The average Bonchev–Trinajstić information content (AvgIpc) is 2.46. The van der Waals surface area contributed by atoms with Crippen molar-refractivity contribution in [1.82, 2.24) is 9.38 Å². The van der Waals surface area contributed by atoms with Gasteiger partial charge in [0.15, 0.2) is 0 Å². The Morgan fingerprint density at radius 3 is 3.00 bits per heavy atom. The number of nitrogens with two attached hydrogens (primary N) is 1. The molecule has 0 atom stereocenters. The van der Waals surface area contributed by atoms with E-state index in [-0.39, 0.29) is 5.82 Å². The van der Waals surface area contributed by atoms with E-state index in [1.54, 1.807) is 6.07 Å². The van der Waals surface area contributed by atoms with E-state index in [1.165, 1.54) is 16.7 Å². The van der Waals surface area contributed by atoms with Gasteiger partial charge in [-0.05, 0) is 18.7 Å². The molecular weight excluding hydrogens is 205 g/mol. The molecule has 0 saturated heterocycles. The molecule has 2 aromatic heterocycles. The van der Waals surface area contributed by atoms with Crippen molar-refractivity contribution in [3.63, 3.8) is 0 Å². The van der Waals surface area contributed by atoms with Gasteiger partial charge in [-0.1, -0.05) is 11.6 Å². The highest BCUT2D eigenvalue weighted by atomic mass is 35.5. The SMILES string of the molecule is NCCc1nc2ccc(F)cn2c1Cl. The smallest absolute Gasteiger partial charge is 0.139 e. The molecule has 3 nitrogen and oxygen atoms in total. The van der Waals surface area contributed by atoms with Crippen molar-refractivity contribution in [2.24, 2.45) is 5.73 Å². The van der Waals surface area contributed by atoms with Crippen molar-refractivity contribution in [2.45, 2.75) is 6.42 Å². The van der Waals surface area contributed by atoms with E-state index in [1.807, 2.05) is 0 Å². The van der Waals surface area contributed by atoms with Gasteiger partial charge < -0.3 is 5.73 Å². The topological polar surface area (TPSA) is 43.3 Å². The summed E-state index contributed by atoms with van der Waals surface area (Å²) in [6.07, 6.45) is 1.91. The highest BCUT2D eigenvalue weighted by Crippen LogP contribution is 2.18. The molecule has 0 fully saturated rings. The quantitative estimate of drug-likeness (QED) is 0.824. The van der Waals surface area contributed by atoms with Gasteiger partial charge in [-0.3, -0.25) is 4.40 Å². The minimum atomic E-state index is -0.337. The fraction of sp³-hybridized carbons (Fsp3) is 0.222. The van der Waals surface area contributed by atoms with E-state index in [9.17, 15) is 4.39 Å². The summed E-state index contributed by atoms with van der Waals surface area (Å²) in [5.74, 6) is -0.337. The van der Waals surface area contributed by atoms with Crippen LogP contribution in [0, 0.1) is 5.82 Å². The van der Waals surface area contributed by atoms with Gasteiger partial charge >= 0.3 is 0 Å². The molecule has 2 rings (SSSR count). The fourth-order valence-electron chi connectivity index (χ4n) is 1.33. The van der Waals surface area contributed by atoms with Crippen molar-refractivity contribution in [1.29, 1.82) is 0 Å². The van der Waals surface area contributed by atoms with Crippen LogP contribution in [0.25, 0.3) is 5.65 Å². The van der Waals surface area contributed by atoms with Crippen molar-refractivity contribution >= 4 is 17.2 Å². The minimum absolute atomic E-state index is 0.337. The normalized spacial score (nSPS) is 11.1. The molecule has 0 saturated carbocycles. The summed E-state index contributed by atoms with van der Waals surface area (Å²) in [6, 6.07) is 2.94. The molecule has 2 N–H and O–H groups in total. The highest BCUT2D eigenvalue weighted by molar-refractivity contribution is 6.30. The van der Waals surface area contributed by atoms with Crippen LogP contribution < -0.4 is 5.73 Å². The number of aromatic nitrogens is 2. The molecule has 0 bridgehead atoms. The van der Waals surface area contributed by atoms with Gasteiger partial charge in [0, 0.05) is 12.6 Å². The maximum atomic E-state index is 12.9. The summed E-state index contributed by atoms with van der Waals surface area (Å²) in [6.45, 7) is 0.478. The Morgan fingerprint density at radius 2 is 2.29 bits per heavy atom. The molecule has 0 spiro atoms. The molecule has 0 radical (unpaired) electrons. The molecule has 5 heteroatoms. The summed E-state index contributed by atoms with van der Waals surface area (Å²) < 4.78 is 14.4. The predicted molar refractivity (Wildman–Crippen MR) is 52.9 cm³/mol. The molecule has 0 aromatic carbocycles. The van der Waals surface area contributed by atoms with Crippen LogP contribution in [0.5, 0.6) is 0 Å². The van der Waals surface area contributed by atoms with Crippen LogP contribution in [-0.2, 0) is 6.42 Å². The zero-order chi connectivity index (χ0) is 10.1. The van der Waals surface area contributed by atoms with Crippen molar-refractivity contribution in [3.05, 3.63) is 35.0 Å². The summed E-state index contributed by atoms with van der Waals surface area (Å²) in [4.78, 5) is 4.23. The molecule has 74 valence electrons. The van der Waals surface area contributed by atoms with Gasteiger partial charge in [0.1, 0.15) is 16.6 Å². The molecule has 0 aliphatic rings. The Morgan fingerprint density at radius 1 is 1.50 bits per heavy atom. The van der Waals surface area contributed by atoms with Crippen LogP contribution in [0.1, 0.15) is 5.69 Å². The predicted octanol–water partition coefficient (Wildman–Crippen LogP) is 1.63. The van der Waals surface area contributed by atoms with Crippen LogP contribution in [0.3, 0.4) is 0 Å². The molecule has 0 unspecified atom stereocenters. The number of pyridine rings is 1. The molecule has 0 amide bonds. The van der Waals surface area contributed by atoms with Gasteiger partial charge in [0.25, 0.3) is 0 Å². The Balaban J connectivity index is 2.62. The van der Waals surface area contributed by atoms with Crippen LogP contribution in [-0.4, -0.2) is 15.9 Å².